The maximum absolute atomic E-state index is 5.99. The van der Waals surface area contributed by atoms with Gasteiger partial charge in [0, 0.05) is 30.8 Å². The van der Waals surface area contributed by atoms with Crippen molar-refractivity contribution in [1.82, 2.24) is 9.88 Å². The van der Waals surface area contributed by atoms with Gasteiger partial charge in [0.2, 0.25) is 0 Å². The van der Waals surface area contributed by atoms with Crippen molar-refractivity contribution >= 4 is 11.3 Å². The molecule has 0 amide bonds. The number of aromatic nitrogens is 1. The van der Waals surface area contributed by atoms with E-state index in [0.29, 0.717) is 0 Å². The van der Waals surface area contributed by atoms with Crippen LogP contribution in [0.3, 0.4) is 0 Å². The number of benzene rings is 1. The van der Waals surface area contributed by atoms with Crippen LogP contribution in [0.5, 0.6) is 5.75 Å². The molecule has 27 heavy (non-hydrogen) atoms. The second-order valence-electron chi connectivity index (χ2n) is 7.76. The molecule has 0 bridgehead atoms. The summed E-state index contributed by atoms with van der Waals surface area (Å²) in [6, 6.07) is 8.72. The number of ether oxygens (including phenoxy) is 2. The standard InChI is InChI=1S/C22H30N2O2S/c1-18-17-27-21(23-18)22(9-15-25-16-10-22)19-5-7-20(8-6-19)26-14-4-13-24-11-2-3-12-24/h5-8,17H,2-4,9-16H2,1H3. The molecule has 0 spiro atoms. The highest BCUT2D eigenvalue weighted by molar-refractivity contribution is 7.09. The van der Waals surface area contributed by atoms with Gasteiger partial charge in [0.1, 0.15) is 10.8 Å². The second-order valence-corrected chi connectivity index (χ2v) is 8.62. The molecular weight excluding hydrogens is 356 g/mol. The molecule has 0 unspecified atom stereocenters. The maximum atomic E-state index is 5.99. The van der Waals surface area contributed by atoms with Crippen molar-refractivity contribution in [3.05, 3.63) is 45.9 Å². The molecule has 0 radical (unpaired) electrons. The fourth-order valence-corrected chi connectivity index (χ4v) is 5.35. The third-order valence-electron chi connectivity index (χ3n) is 5.87. The van der Waals surface area contributed by atoms with Gasteiger partial charge in [-0.25, -0.2) is 4.98 Å². The van der Waals surface area contributed by atoms with Crippen LogP contribution in [0.1, 0.15) is 48.4 Å². The highest BCUT2D eigenvalue weighted by atomic mass is 32.1. The Morgan fingerprint density at radius 3 is 2.56 bits per heavy atom. The SMILES string of the molecule is Cc1csc(C2(c3ccc(OCCCN4CCCC4)cc3)CCOCC2)n1. The van der Waals surface area contributed by atoms with Gasteiger partial charge in [-0.3, -0.25) is 0 Å². The van der Waals surface area contributed by atoms with Gasteiger partial charge in [0.25, 0.3) is 0 Å². The molecule has 2 aliphatic rings. The van der Waals surface area contributed by atoms with E-state index < -0.39 is 0 Å². The van der Waals surface area contributed by atoms with Crippen molar-refractivity contribution in [2.45, 2.75) is 44.4 Å². The summed E-state index contributed by atoms with van der Waals surface area (Å²) in [6.07, 6.45) is 5.80. The Bertz CT molecular complexity index is 716. The molecule has 2 saturated heterocycles. The lowest BCUT2D eigenvalue weighted by atomic mass is 9.74. The van der Waals surface area contributed by atoms with Crippen molar-refractivity contribution in [3.8, 4) is 5.75 Å². The summed E-state index contributed by atoms with van der Waals surface area (Å²) >= 11 is 1.78. The third kappa shape index (κ3) is 4.36. The van der Waals surface area contributed by atoms with Crippen molar-refractivity contribution in [1.29, 1.82) is 0 Å². The minimum absolute atomic E-state index is 0.00847. The minimum atomic E-state index is -0.00847. The van der Waals surface area contributed by atoms with Crippen molar-refractivity contribution in [3.63, 3.8) is 0 Å². The lowest BCUT2D eigenvalue weighted by molar-refractivity contribution is 0.0630. The predicted octanol–water partition coefficient (Wildman–Crippen LogP) is 4.41. The van der Waals surface area contributed by atoms with Crippen LogP contribution in [-0.2, 0) is 10.2 Å². The number of hydrogen-bond donors (Lipinski definition) is 0. The molecule has 1 aromatic heterocycles. The molecule has 146 valence electrons. The molecular formula is C22H30N2O2S. The topological polar surface area (TPSA) is 34.6 Å². The van der Waals surface area contributed by atoms with Crippen LogP contribution in [0.25, 0.3) is 0 Å². The number of nitrogens with zero attached hydrogens (tertiary/aromatic N) is 2. The summed E-state index contributed by atoms with van der Waals surface area (Å²) < 4.78 is 11.6. The zero-order valence-electron chi connectivity index (χ0n) is 16.3. The first-order valence-corrected chi connectivity index (χ1v) is 11.1. The molecule has 1 aromatic carbocycles. The zero-order chi connectivity index (χ0) is 18.5. The zero-order valence-corrected chi connectivity index (χ0v) is 17.1. The fourth-order valence-electron chi connectivity index (χ4n) is 4.27. The third-order valence-corrected chi connectivity index (χ3v) is 7.03. The van der Waals surface area contributed by atoms with Crippen molar-refractivity contribution < 1.29 is 9.47 Å². The van der Waals surface area contributed by atoms with E-state index in [0.717, 1.165) is 57.1 Å². The van der Waals surface area contributed by atoms with Crippen LogP contribution in [-0.4, -0.2) is 49.3 Å². The lowest BCUT2D eigenvalue weighted by Crippen LogP contribution is -2.35. The smallest absolute Gasteiger partial charge is 0.119 e. The van der Waals surface area contributed by atoms with Gasteiger partial charge in [-0.15, -0.1) is 11.3 Å². The Hall–Kier alpha value is -1.43. The number of aryl methyl sites for hydroxylation is 1. The normalized spacial score (nSPS) is 20.0. The van der Waals surface area contributed by atoms with E-state index in [4.69, 9.17) is 14.5 Å². The summed E-state index contributed by atoms with van der Waals surface area (Å²) in [4.78, 5) is 7.37. The van der Waals surface area contributed by atoms with E-state index in [1.807, 2.05) is 0 Å². The van der Waals surface area contributed by atoms with E-state index in [2.05, 4.69) is 41.5 Å². The van der Waals surface area contributed by atoms with Gasteiger partial charge >= 0.3 is 0 Å². The Kier molecular flexibility index (Phi) is 6.11. The fraction of sp³-hybridized carbons (Fsp3) is 0.591. The Labute approximate surface area is 166 Å². The molecule has 2 fully saturated rings. The van der Waals surface area contributed by atoms with Crippen molar-refractivity contribution in [2.24, 2.45) is 0 Å². The first kappa shape index (κ1) is 18.9. The number of likely N-dealkylation sites (tertiary alicyclic amines) is 1. The molecule has 0 atom stereocenters. The largest absolute Gasteiger partial charge is 0.494 e. The molecule has 3 heterocycles. The second kappa shape index (κ2) is 8.72. The molecule has 0 aliphatic carbocycles. The molecule has 0 saturated carbocycles. The summed E-state index contributed by atoms with van der Waals surface area (Å²) in [5.74, 6) is 0.970. The van der Waals surface area contributed by atoms with E-state index in [1.165, 1.54) is 36.5 Å². The Morgan fingerprint density at radius 1 is 1.15 bits per heavy atom. The number of hydrogen-bond acceptors (Lipinski definition) is 5. The van der Waals surface area contributed by atoms with E-state index in [-0.39, 0.29) is 5.41 Å². The summed E-state index contributed by atoms with van der Waals surface area (Å²) in [5.41, 5.74) is 2.44. The Morgan fingerprint density at radius 2 is 1.89 bits per heavy atom. The summed E-state index contributed by atoms with van der Waals surface area (Å²) in [5, 5.41) is 3.38. The van der Waals surface area contributed by atoms with Gasteiger partial charge < -0.3 is 14.4 Å². The van der Waals surface area contributed by atoms with Gasteiger partial charge in [-0.05, 0) is 69.8 Å². The number of rotatable bonds is 7. The predicted molar refractivity (Wildman–Crippen MR) is 110 cm³/mol. The van der Waals surface area contributed by atoms with Gasteiger partial charge in [0.15, 0.2) is 0 Å². The lowest BCUT2D eigenvalue weighted by Gasteiger charge is -2.36. The van der Waals surface area contributed by atoms with E-state index in [9.17, 15) is 0 Å². The summed E-state index contributed by atoms with van der Waals surface area (Å²) in [7, 11) is 0. The maximum Gasteiger partial charge on any atom is 0.119 e. The molecule has 0 N–H and O–H groups in total. The first-order chi connectivity index (χ1) is 13.3. The highest BCUT2D eigenvalue weighted by Crippen LogP contribution is 2.42. The van der Waals surface area contributed by atoms with Crippen LogP contribution in [0.4, 0.5) is 0 Å². The van der Waals surface area contributed by atoms with Crippen LogP contribution >= 0.6 is 11.3 Å². The van der Waals surface area contributed by atoms with Gasteiger partial charge in [0.05, 0.1) is 12.0 Å². The van der Waals surface area contributed by atoms with Crippen LogP contribution in [0.2, 0.25) is 0 Å². The molecule has 5 heteroatoms. The molecule has 2 aliphatic heterocycles. The highest BCUT2D eigenvalue weighted by Gasteiger charge is 2.38. The molecule has 4 nitrogen and oxygen atoms in total. The Balaban J connectivity index is 1.40. The average Bonchev–Trinajstić information content (AvgIpc) is 3.38. The quantitative estimate of drug-likeness (QED) is 0.660. The van der Waals surface area contributed by atoms with Gasteiger partial charge in [-0.1, -0.05) is 12.1 Å². The minimum Gasteiger partial charge on any atom is -0.494 e. The first-order valence-electron chi connectivity index (χ1n) is 10.2. The van der Waals surface area contributed by atoms with E-state index in [1.54, 1.807) is 11.3 Å². The summed E-state index contributed by atoms with van der Waals surface area (Å²) in [6.45, 7) is 8.14. The van der Waals surface area contributed by atoms with Crippen molar-refractivity contribution in [2.75, 3.05) is 39.5 Å². The van der Waals surface area contributed by atoms with E-state index >= 15 is 0 Å². The monoisotopic (exact) mass is 386 g/mol. The van der Waals surface area contributed by atoms with Crippen LogP contribution < -0.4 is 4.74 Å². The number of thiazole rings is 1. The van der Waals surface area contributed by atoms with Gasteiger partial charge in [-0.2, -0.15) is 0 Å². The van der Waals surface area contributed by atoms with Crippen LogP contribution in [0.15, 0.2) is 29.6 Å². The molecule has 2 aromatic rings. The molecule has 4 rings (SSSR count). The average molecular weight is 387 g/mol. The van der Waals surface area contributed by atoms with Crippen LogP contribution in [0, 0.1) is 6.92 Å².